The Morgan fingerprint density at radius 1 is 0.927 bits per heavy atom. The lowest BCUT2D eigenvalue weighted by Gasteiger charge is -2.17. The quantitative estimate of drug-likeness (QED) is 0.196. The third-order valence-electron chi connectivity index (χ3n) is 5.54. The molecule has 14 nitrogen and oxygen atoms in total. The maximum absolute atomic E-state index is 12.1. The van der Waals surface area contributed by atoms with E-state index in [2.05, 4.69) is 30.9 Å². The Morgan fingerprint density at radius 2 is 1.49 bits per heavy atom. The fraction of sp³-hybridized carbons (Fsp3) is 0.346. The molecule has 41 heavy (non-hydrogen) atoms. The Balaban J connectivity index is 1.76. The van der Waals surface area contributed by atoms with Gasteiger partial charge in [0.25, 0.3) is 0 Å². The SMILES string of the molecule is CC(C)CNc1nc(NCc2ccc(S(N)(=O)=O)cc2)nc(N[C@@H](Cc2ccc(OC(=O)N(C)C)cc2)C(=O)O)n1. The summed E-state index contributed by atoms with van der Waals surface area (Å²) in [5.74, 6) is -0.0128. The number of carboxylic acid groups (broad SMARTS) is 1. The Kier molecular flexibility index (Phi) is 10.4. The number of aliphatic carboxylic acids is 1. The highest BCUT2D eigenvalue weighted by Gasteiger charge is 2.21. The number of benzene rings is 2. The zero-order valence-electron chi connectivity index (χ0n) is 23.2. The lowest BCUT2D eigenvalue weighted by atomic mass is 10.1. The van der Waals surface area contributed by atoms with Crippen molar-refractivity contribution in [2.24, 2.45) is 11.1 Å². The van der Waals surface area contributed by atoms with Gasteiger partial charge in [-0.25, -0.2) is 23.1 Å². The Hall–Kier alpha value is -4.50. The number of hydrogen-bond acceptors (Lipinski definition) is 11. The van der Waals surface area contributed by atoms with E-state index in [4.69, 9.17) is 9.88 Å². The summed E-state index contributed by atoms with van der Waals surface area (Å²) in [6, 6.07) is 11.5. The minimum absolute atomic E-state index is 0.00278. The number of primary sulfonamides is 1. The molecular formula is C26H34N8O6S. The molecule has 220 valence electrons. The van der Waals surface area contributed by atoms with Gasteiger partial charge in [-0.05, 0) is 41.3 Å². The number of carboxylic acids is 1. The van der Waals surface area contributed by atoms with E-state index in [1.54, 1.807) is 50.5 Å². The number of carbonyl (C=O) groups excluding carboxylic acids is 1. The van der Waals surface area contributed by atoms with E-state index < -0.39 is 28.1 Å². The zero-order chi connectivity index (χ0) is 30.2. The molecule has 1 amide bonds. The highest BCUT2D eigenvalue weighted by Crippen LogP contribution is 2.17. The largest absolute Gasteiger partial charge is 0.480 e. The highest BCUT2D eigenvalue weighted by atomic mass is 32.2. The Morgan fingerprint density at radius 3 is 2.02 bits per heavy atom. The van der Waals surface area contributed by atoms with Gasteiger partial charge in [-0.15, -0.1) is 0 Å². The molecule has 2 aromatic carbocycles. The van der Waals surface area contributed by atoms with Crippen LogP contribution in [0.4, 0.5) is 22.6 Å². The maximum atomic E-state index is 12.1. The first kappa shape index (κ1) is 31.0. The van der Waals surface area contributed by atoms with Crippen LogP contribution >= 0.6 is 0 Å². The van der Waals surface area contributed by atoms with E-state index in [0.717, 1.165) is 5.56 Å². The van der Waals surface area contributed by atoms with E-state index in [1.807, 2.05) is 13.8 Å². The van der Waals surface area contributed by atoms with E-state index in [-0.39, 0.29) is 35.7 Å². The van der Waals surface area contributed by atoms with Crippen LogP contribution in [0.25, 0.3) is 0 Å². The molecule has 0 aliphatic carbocycles. The van der Waals surface area contributed by atoms with Crippen molar-refractivity contribution >= 4 is 39.9 Å². The summed E-state index contributed by atoms with van der Waals surface area (Å²) in [6.07, 6.45) is -0.430. The maximum Gasteiger partial charge on any atom is 0.414 e. The molecule has 1 atom stereocenters. The number of aromatic nitrogens is 3. The van der Waals surface area contributed by atoms with Gasteiger partial charge in [0.1, 0.15) is 11.8 Å². The number of anilines is 3. The van der Waals surface area contributed by atoms with Gasteiger partial charge in [-0.1, -0.05) is 38.1 Å². The number of hydrogen-bond donors (Lipinski definition) is 5. The van der Waals surface area contributed by atoms with Crippen molar-refractivity contribution in [3.8, 4) is 5.75 Å². The summed E-state index contributed by atoms with van der Waals surface area (Å²) >= 11 is 0. The first-order valence-corrected chi connectivity index (χ1v) is 14.2. The van der Waals surface area contributed by atoms with E-state index in [9.17, 15) is 23.1 Å². The number of nitrogens with zero attached hydrogens (tertiary/aromatic N) is 4. The molecule has 3 rings (SSSR count). The van der Waals surface area contributed by atoms with Crippen molar-refractivity contribution in [2.45, 2.75) is 37.8 Å². The number of sulfonamides is 1. The van der Waals surface area contributed by atoms with Gasteiger partial charge in [-0.2, -0.15) is 15.0 Å². The molecule has 6 N–H and O–H groups in total. The number of nitrogens with one attached hydrogen (secondary N) is 3. The van der Waals surface area contributed by atoms with Gasteiger partial charge in [0, 0.05) is 33.6 Å². The molecule has 1 heterocycles. The molecule has 0 saturated carbocycles. The minimum atomic E-state index is -3.80. The second kappa shape index (κ2) is 13.7. The summed E-state index contributed by atoms with van der Waals surface area (Å²) < 4.78 is 28.2. The summed E-state index contributed by atoms with van der Waals surface area (Å²) in [5, 5.41) is 24.1. The van der Waals surface area contributed by atoms with Crippen molar-refractivity contribution in [2.75, 3.05) is 36.6 Å². The number of carbonyl (C=O) groups is 2. The molecule has 0 radical (unpaired) electrons. The van der Waals surface area contributed by atoms with Gasteiger partial charge >= 0.3 is 12.1 Å². The number of ether oxygens (including phenoxy) is 1. The van der Waals surface area contributed by atoms with Gasteiger partial charge in [0.15, 0.2) is 0 Å². The summed E-state index contributed by atoms with van der Waals surface area (Å²) in [5.41, 5.74) is 1.43. The average Bonchev–Trinajstić information content (AvgIpc) is 2.91. The highest BCUT2D eigenvalue weighted by molar-refractivity contribution is 7.89. The van der Waals surface area contributed by atoms with Crippen molar-refractivity contribution in [3.05, 3.63) is 59.7 Å². The lowest BCUT2D eigenvalue weighted by Crippen LogP contribution is -2.32. The normalized spacial score (nSPS) is 12.0. The zero-order valence-corrected chi connectivity index (χ0v) is 24.0. The molecule has 0 unspecified atom stereocenters. The van der Waals surface area contributed by atoms with Crippen LogP contribution in [0.15, 0.2) is 53.4 Å². The molecule has 0 aliphatic rings. The van der Waals surface area contributed by atoms with Gasteiger partial charge in [0.05, 0.1) is 4.90 Å². The van der Waals surface area contributed by atoms with Gasteiger partial charge in [-0.3, -0.25) is 0 Å². The van der Waals surface area contributed by atoms with Gasteiger partial charge < -0.3 is 30.7 Å². The number of nitrogens with two attached hydrogens (primary N) is 1. The van der Waals surface area contributed by atoms with Gasteiger partial charge in [0.2, 0.25) is 27.9 Å². The Bertz CT molecular complexity index is 1450. The lowest BCUT2D eigenvalue weighted by molar-refractivity contribution is -0.137. The van der Waals surface area contributed by atoms with E-state index in [0.29, 0.717) is 23.8 Å². The Labute approximate surface area is 238 Å². The average molecular weight is 587 g/mol. The molecule has 0 bridgehead atoms. The summed E-state index contributed by atoms with van der Waals surface area (Å²) in [7, 11) is -0.664. The van der Waals surface area contributed by atoms with Crippen LogP contribution < -0.4 is 25.8 Å². The second-order valence-electron chi connectivity index (χ2n) is 9.77. The first-order valence-electron chi connectivity index (χ1n) is 12.6. The monoisotopic (exact) mass is 586 g/mol. The van der Waals surface area contributed by atoms with Crippen LogP contribution in [0.5, 0.6) is 5.75 Å². The summed E-state index contributed by atoms with van der Waals surface area (Å²) in [4.78, 5) is 38.2. The molecule has 0 spiro atoms. The number of rotatable bonds is 13. The smallest absolute Gasteiger partial charge is 0.414 e. The standard InChI is InChI=1S/C26H34N8O6S/c1-16(2)14-28-23-31-24(29-15-18-7-11-20(12-8-18)41(27,38)39)33-25(32-23)30-21(22(35)36)13-17-5-9-19(10-6-17)40-26(37)34(3)4/h5-12,16,21H,13-15H2,1-4H3,(H,35,36)(H2,27,38,39)(H3,28,29,30,31,32,33)/t21-/m0/s1. The summed E-state index contributed by atoms with van der Waals surface area (Å²) in [6.45, 7) is 4.87. The predicted octanol–water partition coefficient (Wildman–Crippen LogP) is 2.37. The van der Waals surface area contributed by atoms with Crippen LogP contribution in [-0.4, -0.2) is 72.1 Å². The van der Waals surface area contributed by atoms with Crippen LogP contribution in [0, 0.1) is 5.92 Å². The predicted molar refractivity (Wildman–Crippen MR) is 153 cm³/mol. The van der Waals surface area contributed by atoms with Crippen LogP contribution in [0.3, 0.4) is 0 Å². The first-order chi connectivity index (χ1) is 19.3. The molecule has 3 aromatic rings. The molecule has 0 fully saturated rings. The fourth-order valence-electron chi connectivity index (χ4n) is 3.35. The molecular weight excluding hydrogens is 552 g/mol. The molecule has 0 aliphatic heterocycles. The topological polar surface area (TPSA) is 202 Å². The van der Waals surface area contributed by atoms with Crippen LogP contribution in [0.2, 0.25) is 0 Å². The van der Waals surface area contributed by atoms with Crippen molar-refractivity contribution < 1.29 is 27.9 Å². The third-order valence-corrected chi connectivity index (χ3v) is 6.47. The van der Waals surface area contributed by atoms with Crippen LogP contribution in [0.1, 0.15) is 25.0 Å². The third kappa shape index (κ3) is 9.88. The molecule has 1 aromatic heterocycles. The van der Waals surface area contributed by atoms with E-state index >= 15 is 0 Å². The minimum Gasteiger partial charge on any atom is -0.480 e. The fourth-order valence-corrected chi connectivity index (χ4v) is 3.86. The molecule has 15 heteroatoms. The van der Waals surface area contributed by atoms with E-state index in [1.165, 1.54) is 17.0 Å². The second-order valence-corrected chi connectivity index (χ2v) is 11.3. The number of amides is 1. The van der Waals surface area contributed by atoms with Crippen molar-refractivity contribution in [3.63, 3.8) is 0 Å². The van der Waals surface area contributed by atoms with Crippen LogP contribution in [-0.2, 0) is 27.8 Å². The van der Waals surface area contributed by atoms with Crippen molar-refractivity contribution in [1.29, 1.82) is 0 Å². The molecule has 0 saturated heterocycles. The van der Waals surface area contributed by atoms with Crippen molar-refractivity contribution in [1.82, 2.24) is 19.9 Å².